The molecule has 182 valence electrons. The van der Waals surface area contributed by atoms with Crippen molar-refractivity contribution < 1.29 is 24.6 Å². The summed E-state index contributed by atoms with van der Waals surface area (Å²) in [7, 11) is 0. The van der Waals surface area contributed by atoms with Crippen molar-refractivity contribution in [3.8, 4) is 6.07 Å². The lowest BCUT2D eigenvalue weighted by Crippen LogP contribution is -2.65. The Hall–Kier alpha value is -1.94. The predicted octanol–water partition coefficient (Wildman–Crippen LogP) is 3.88. The van der Waals surface area contributed by atoms with E-state index in [1.165, 1.54) is 0 Å². The van der Waals surface area contributed by atoms with Crippen molar-refractivity contribution in [2.45, 2.75) is 71.8 Å². The Balaban J connectivity index is 1.63. The van der Waals surface area contributed by atoms with Crippen molar-refractivity contribution in [3.05, 3.63) is 11.6 Å². The van der Waals surface area contributed by atoms with E-state index in [9.17, 15) is 29.9 Å². The summed E-state index contributed by atoms with van der Waals surface area (Å²) >= 11 is 0. The molecular weight excluding hydrogens is 429 g/mol. The average molecular weight is 465 g/mol. The molecule has 0 bridgehead atoms. The molecule has 0 radical (unpaired) electrons. The van der Waals surface area contributed by atoms with Crippen LogP contribution in [0.15, 0.2) is 11.6 Å². The molecule has 9 atom stereocenters. The Morgan fingerprint density at radius 2 is 1.97 bits per heavy atom. The summed E-state index contributed by atoms with van der Waals surface area (Å²) in [6.07, 6.45) is 7.29. The van der Waals surface area contributed by atoms with Crippen LogP contribution in [0.25, 0.3) is 0 Å². The molecular formula is C27H36BNO5. The van der Waals surface area contributed by atoms with E-state index >= 15 is 0 Å². The van der Waals surface area contributed by atoms with Gasteiger partial charge in [0.25, 0.3) is 0 Å². The zero-order chi connectivity index (χ0) is 24.6. The molecule has 0 aromatic carbocycles. The molecule has 0 aromatic rings. The summed E-state index contributed by atoms with van der Waals surface area (Å²) in [6, 6.07) is 2.16. The fourth-order valence-corrected chi connectivity index (χ4v) is 9.66. The quantitative estimate of drug-likeness (QED) is 0.598. The van der Waals surface area contributed by atoms with Crippen molar-refractivity contribution in [3.63, 3.8) is 0 Å². The van der Waals surface area contributed by atoms with E-state index in [2.05, 4.69) is 19.8 Å². The molecule has 2 N–H and O–H groups in total. The van der Waals surface area contributed by atoms with Gasteiger partial charge in [-0.2, -0.15) is 5.26 Å². The molecule has 0 aromatic heterocycles. The summed E-state index contributed by atoms with van der Waals surface area (Å²) in [5.41, 5.74) is -0.915. The Morgan fingerprint density at radius 3 is 2.62 bits per heavy atom. The van der Waals surface area contributed by atoms with E-state index in [1.54, 1.807) is 6.08 Å². The van der Waals surface area contributed by atoms with Gasteiger partial charge >= 0.3 is 5.97 Å². The van der Waals surface area contributed by atoms with Crippen molar-refractivity contribution in [1.82, 2.24) is 0 Å². The second-order valence-electron chi connectivity index (χ2n) is 12.6. The van der Waals surface area contributed by atoms with Gasteiger partial charge in [0.2, 0.25) is 0 Å². The predicted molar refractivity (Wildman–Crippen MR) is 127 cm³/mol. The number of hydrogen-bond donors (Lipinski definition) is 2. The van der Waals surface area contributed by atoms with Crippen LogP contribution in [0.5, 0.6) is 0 Å². The molecule has 5 aliphatic rings. The Bertz CT molecular complexity index is 1020. The number of Topliss-reactive ketones (excluding diaryl/α,β-unsaturated/α-hetero) is 1. The normalized spacial score (nSPS) is 48.0. The van der Waals surface area contributed by atoms with Crippen molar-refractivity contribution >= 4 is 24.2 Å². The number of aliphatic hydroxyl groups excluding tert-OH is 1. The first-order valence-electron chi connectivity index (χ1n) is 13.1. The molecule has 1 aliphatic heterocycles. The minimum absolute atomic E-state index is 0.0230. The summed E-state index contributed by atoms with van der Waals surface area (Å²) < 4.78 is 0. The molecule has 3 saturated carbocycles. The van der Waals surface area contributed by atoms with Crippen LogP contribution in [0, 0.1) is 63.1 Å². The molecule has 4 aliphatic carbocycles. The van der Waals surface area contributed by atoms with Gasteiger partial charge < -0.3 is 10.2 Å². The molecule has 0 spiro atoms. The number of carbonyl (C=O) groups is 3. The zero-order valence-corrected chi connectivity index (χ0v) is 20.5. The van der Waals surface area contributed by atoms with Crippen LogP contribution in [-0.4, -0.2) is 41.1 Å². The van der Waals surface area contributed by atoms with Gasteiger partial charge in [-0.1, -0.05) is 38.9 Å². The first kappa shape index (κ1) is 23.8. The van der Waals surface area contributed by atoms with Crippen LogP contribution < -0.4 is 0 Å². The highest BCUT2D eigenvalue weighted by atomic mass is 16.4. The smallest absolute Gasteiger partial charge is 0.310 e. The number of aliphatic hydroxyl groups is 1. The topological polar surface area (TPSA) is 115 Å². The number of nitriles is 1. The maximum absolute atomic E-state index is 14.0. The molecule has 5 rings (SSSR count). The van der Waals surface area contributed by atoms with E-state index < -0.39 is 34.1 Å². The van der Waals surface area contributed by atoms with Crippen LogP contribution >= 0.6 is 0 Å². The number of carboxylic acid groups (broad SMARTS) is 1. The molecule has 34 heavy (non-hydrogen) atoms. The lowest BCUT2D eigenvalue weighted by atomic mass is 9.32. The largest absolute Gasteiger partial charge is 0.481 e. The molecule has 9 unspecified atom stereocenters. The first-order chi connectivity index (χ1) is 16.1. The maximum Gasteiger partial charge on any atom is 0.310 e. The monoisotopic (exact) mass is 465 g/mol. The fraction of sp³-hybridized carbons (Fsp3) is 0.778. The molecule has 4 fully saturated rings. The third-order valence-corrected chi connectivity index (χ3v) is 11.3. The lowest BCUT2D eigenvalue weighted by molar-refractivity contribution is -0.181. The number of fused-ring (bicyclic) bond motifs is 7. The second kappa shape index (κ2) is 7.78. The first-order valence-corrected chi connectivity index (χ1v) is 13.1. The van der Waals surface area contributed by atoms with Crippen LogP contribution in [0.1, 0.15) is 52.4 Å². The van der Waals surface area contributed by atoms with Crippen LogP contribution in [0.2, 0.25) is 19.5 Å². The number of aliphatic carboxylic acids is 1. The molecule has 1 saturated heterocycles. The van der Waals surface area contributed by atoms with Gasteiger partial charge in [-0.05, 0) is 67.8 Å². The van der Waals surface area contributed by atoms with Gasteiger partial charge in [-0.15, -0.1) is 0 Å². The summed E-state index contributed by atoms with van der Waals surface area (Å²) in [4.78, 5) is 39.4. The third-order valence-electron chi connectivity index (χ3n) is 11.3. The van der Waals surface area contributed by atoms with E-state index in [-0.39, 0.29) is 48.3 Å². The zero-order valence-electron chi connectivity index (χ0n) is 20.5. The number of hydrogen-bond acceptors (Lipinski definition) is 5. The number of ketones is 2. The van der Waals surface area contributed by atoms with Gasteiger partial charge in [0.1, 0.15) is 12.6 Å². The number of nitrogens with zero attached hydrogens (tertiary/aromatic N) is 1. The number of carbonyl (C=O) groups excluding carboxylic acids is 2. The van der Waals surface area contributed by atoms with Gasteiger partial charge in [-0.25, -0.2) is 0 Å². The maximum atomic E-state index is 14.0. The average Bonchev–Trinajstić information content (AvgIpc) is 2.80. The van der Waals surface area contributed by atoms with Crippen molar-refractivity contribution in [2.75, 3.05) is 6.61 Å². The van der Waals surface area contributed by atoms with Crippen LogP contribution in [0.4, 0.5) is 0 Å². The number of rotatable bonds is 2. The second-order valence-corrected chi connectivity index (χ2v) is 12.6. The SMILES string of the molecule is CB1CCC2(C(=O)O)CCC3C(=CC(=O)C4C3(C)CCC3C(C)C(=O)C(C#N)CC34CO)C2C1. The fourth-order valence-electron chi connectivity index (χ4n) is 9.66. The standard InChI is InChI=1S/C27H36BNO5/c1-15-18-4-6-25(2)19-5-7-26(24(33)34)8-9-28(3)12-20(26)17(19)10-21(31)23(25)27(18,14-30)11-16(13-29)22(15)32/h10,15-16,18-20,23,30H,4-9,11-12,14H2,1-3H3,(H,33,34). The Morgan fingerprint density at radius 1 is 1.24 bits per heavy atom. The molecule has 6 nitrogen and oxygen atoms in total. The molecule has 1 heterocycles. The van der Waals surface area contributed by atoms with Crippen LogP contribution in [0.3, 0.4) is 0 Å². The highest BCUT2D eigenvalue weighted by Gasteiger charge is 2.68. The van der Waals surface area contributed by atoms with Gasteiger partial charge in [0.15, 0.2) is 11.6 Å². The van der Waals surface area contributed by atoms with Gasteiger partial charge in [0.05, 0.1) is 11.5 Å². The lowest BCUT2D eigenvalue weighted by Gasteiger charge is -2.65. The van der Waals surface area contributed by atoms with Crippen molar-refractivity contribution in [2.24, 2.45) is 51.8 Å². The third kappa shape index (κ3) is 2.87. The number of allylic oxidation sites excluding steroid dienone is 2. The highest BCUT2D eigenvalue weighted by molar-refractivity contribution is 6.57. The molecule has 0 amide bonds. The summed E-state index contributed by atoms with van der Waals surface area (Å²) in [6.45, 7) is 6.44. The summed E-state index contributed by atoms with van der Waals surface area (Å²) in [5.74, 6) is -2.50. The minimum atomic E-state index is -0.788. The van der Waals surface area contributed by atoms with Crippen molar-refractivity contribution in [1.29, 1.82) is 5.26 Å². The highest BCUT2D eigenvalue weighted by Crippen LogP contribution is 2.69. The van der Waals surface area contributed by atoms with E-state index in [0.717, 1.165) is 37.5 Å². The van der Waals surface area contributed by atoms with E-state index in [0.29, 0.717) is 19.6 Å². The number of carboxylic acids is 1. The Labute approximate surface area is 202 Å². The van der Waals surface area contributed by atoms with Gasteiger partial charge in [0, 0.05) is 23.9 Å². The minimum Gasteiger partial charge on any atom is -0.481 e. The Kier molecular flexibility index (Phi) is 5.45. The van der Waals surface area contributed by atoms with Crippen LogP contribution in [-0.2, 0) is 14.4 Å². The summed E-state index contributed by atoms with van der Waals surface area (Å²) in [5, 5.41) is 30.8. The van der Waals surface area contributed by atoms with Gasteiger partial charge in [-0.3, -0.25) is 14.4 Å². The van der Waals surface area contributed by atoms with E-state index in [1.807, 2.05) is 6.92 Å². The van der Waals surface area contributed by atoms with E-state index in [4.69, 9.17) is 0 Å². The molecule has 7 heteroatoms.